The molecule has 2 aliphatic carbocycles. The largest absolute Gasteiger partial charge is 0.462 e. The lowest BCUT2D eigenvalue weighted by Gasteiger charge is -2.50. The number of piperazine rings is 1. The second-order valence-corrected chi connectivity index (χ2v) is 11.1. The molecule has 4 heteroatoms. The van der Waals surface area contributed by atoms with Crippen LogP contribution in [0.5, 0.6) is 0 Å². The van der Waals surface area contributed by atoms with E-state index in [2.05, 4.69) is 50.4 Å². The van der Waals surface area contributed by atoms with E-state index in [4.69, 9.17) is 4.74 Å². The maximum Gasteiger partial charge on any atom is 0.315 e. The molecule has 4 aliphatic rings. The van der Waals surface area contributed by atoms with E-state index in [1.807, 2.05) is 0 Å². The summed E-state index contributed by atoms with van der Waals surface area (Å²) in [4.78, 5) is 17.0. The van der Waals surface area contributed by atoms with Crippen molar-refractivity contribution < 1.29 is 14.4 Å². The van der Waals surface area contributed by atoms with E-state index in [-0.39, 0.29) is 23.4 Å². The van der Waals surface area contributed by atoms with Crippen molar-refractivity contribution in [3.8, 4) is 0 Å². The Morgan fingerprint density at radius 1 is 1.26 bits per heavy atom. The molecule has 31 heavy (non-hydrogen) atoms. The van der Waals surface area contributed by atoms with Crippen molar-refractivity contribution >= 4 is 11.7 Å². The minimum Gasteiger partial charge on any atom is -0.462 e. The maximum atomic E-state index is 12.9. The van der Waals surface area contributed by atoms with Gasteiger partial charge in [0.05, 0.1) is 32.7 Å². The van der Waals surface area contributed by atoms with E-state index in [0.717, 1.165) is 45.6 Å². The highest BCUT2D eigenvalue weighted by atomic mass is 16.6. The lowest BCUT2D eigenvalue weighted by Crippen LogP contribution is -3.15. The summed E-state index contributed by atoms with van der Waals surface area (Å²) in [6.07, 6.45) is 5.96. The molecule has 0 radical (unpaired) electrons. The predicted molar refractivity (Wildman–Crippen MR) is 124 cm³/mol. The number of nitrogens with one attached hydrogen (secondary N) is 1. The smallest absolute Gasteiger partial charge is 0.315 e. The monoisotopic (exact) mass is 423 g/mol. The Bertz CT molecular complexity index is 872. The van der Waals surface area contributed by atoms with Crippen molar-refractivity contribution in [1.29, 1.82) is 0 Å². The van der Waals surface area contributed by atoms with Crippen LogP contribution < -0.4 is 9.80 Å². The van der Waals surface area contributed by atoms with Gasteiger partial charge in [0, 0.05) is 11.6 Å². The summed E-state index contributed by atoms with van der Waals surface area (Å²) in [5.74, 6) is 1.12. The van der Waals surface area contributed by atoms with Crippen LogP contribution in [0.3, 0.4) is 0 Å². The molecule has 1 aromatic carbocycles. The van der Waals surface area contributed by atoms with Gasteiger partial charge in [-0.05, 0) is 74.5 Å². The van der Waals surface area contributed by atoms with Crippen molar-refractivity contribution in [1.82, 2.24) is 0 Å². The zero-order chi connectivity index (χ0) is 21.8. The molecular formula is C27H39N2O2+. The van der Waals surface area contributed by atoms with Crippen LogP contribution in [0.1, 0.15) is 50.2 Å². The van der Waals surface area contributed by atoms with Gasteiger partial charge in [-0.1, -0.05) is 31.2 Å². The molecule has 0 amide bonds. The zero-order valence-corrected chi connectivity index (χ0v) is 19.6. The van der Waals surface area contributed by atoms with Gasteiger partial charge in [-0.2, -0.15) is 0 Å². The molecule has 2 heterocycles. The van der Waals surface area contributed by atoms with Crippen LogP contribution in [-0.2, 0) is 9.53 Å². The third-order valence-corrected chi connectivity index (χ3v) is 9.00. The third kappa shape index (κ3) is 3.82. The molecule has 1 aromatic rings. The topological polar surface area (TPSA) is 34.0 Å². The van der Waals surface area contributed by atoms with Crippen LogP contribution in [0.4, 0.5) is 5.69 Å². The van der Waals surface area contributed by atoms with E-state index >= 15 is 0 Å². The van der Waals surface area contributed by atoms with E-state index in [9.17, 15) is 4.79 Å². The molecule has 4 fully saturated rings. The van der Waals surface area contributed by atoms with Gasteiger partial charge in [0.15, 0.2) is 0 Å². The number of allylic oxidation sites excluding steroid dienone is 1. The Balaban J connectivity index is 1.23. The first kappa shape index (κ1) is 21.1. The normalized spacial score (nSPS) is 36.2. The number of nitrogens with zero attached hydrogens (tertiary/aromatic N) is 1. The molecular weight excluding hydrogens is 384 g/mol. The zero-order valence-electron chi connectivity index (χ0n) is 19.6. The van der Waals surface area contributed by atoms with Gasteiger partial charge in [0.25, 0.3) is 0 Å². The minimum atomic E-state index is 0.0755. The van der Waals surface area contributed by atoms with Crippen LogP contribution in [0.15, 0.2) is 30.4 Å². The molecule has 4 nitrogen and oxygen atoms in total. The highest BCUT2D eigenvalue weighted by molar-refractivity contribution is 5.75. The molecule has 5 rings (SSSR count). The van der Waals surface area contributed by atoms with Gasteiger partial charge in [0.1, 0.15) is 12.0 Å². The second-order valence-electron chi connectivity index (χ2n) is 11.1. The fourth-order valence-electron chi connectivity index (χ4n) is 7.13. The van der Waals surface area contributed by atoms with Crippen LogP contribution in [0.25, 0.3) is 0 Å². The predicted octanol–water partition coefficient (Wildman–Crippen LogP) is 3.32. The Morgan fingerprint density at radius 2 is 2.03 bits per heavy atom. The summed E-state index contributed by atoms with van der Waals surface area (Å²) >= 11 is 0. The molecule has 2 aliphatic heterocycles. The highest BCUT2D eigenvalue weighted by Crippen LogP contribution is 2.56. The average molecular weight is 424 g/mol. The van der Waals surface area contributed by atoms with Crippen LogP contribution in [0, 0.1) is 37.0 Å². The molecule has 0 spiro atoms. The number of hydrogen-bond donors (Lipinski definition) is 1. The average Bonchev–Trinajstić information content (AvgIpc) is 3.02. The number of rotatable bonds is 3. The number of aryl methyl sites for hydroxylation is 2. The molecule has 2 saturated carbocycles. The van der Waals surface area contributed by atoms with E-state index in [0.29, 0.717) is 11.8 Å². The van der Waals surface area contributed by atoms with Crippen molar-refractivity contribution in [3.05, 3.63) is 41.5 Å². The fraction of sp³-hybridized carbons (Fsp3) is 0.667. The van der Waals surface area contributed by atoms with E-state index < -0.39 is 0 Å². The van der Waals surface area contributed by atoms with Gasteiger partial charge in [-0.3, -0.25) is 4.79 Å². The van der Waals surface area contributed by atoms with Gasteiger partial charge >= 0.3 is 5.97 Å². The van der Waals surface area contributed by atoms with E-state index in [1.165, 1.54) is 41.6 Å². The number of esters is 1. The summed E-state index contributed by atoms with van der Waals surface area (Å²) in [6.45, 7) is 16.5. The number of anilines is 1. The van der Waals surface area contributed by atoms with Gasteiger partial charge in [-0.15, -0.1) is 0 Å². The number of benzene rings is 1. The lowest BCUT2D eigenvalue weighted by molar-refractivity contribution is -0.903. The van der Waals surface area contributed by atoms with Crippen molar-refractivity contribution in [2.45, 2.75) is 59.0 Å². The van der Waals surface area contributed by atoms with Crippen molar-refractivity contribution in [2.24, 2.45) is 23.2 Å². The van der Waals surface area contributed by atoms with Gasteiger partial charge in [-0.25, -0.2) is 0 Å². The summed E-state index contributed by atoms with van der Waals surface area (Å²) < 4.78 is 6.00. The summed E-state index contributed by atoms with van der Waals surface area (Å²) in [6, 6.07) is 6.74. The third-order valence-electron chi connectivity index (χ3n) is 9.00. The first-order valence-electron chi connectivity index (χ1n) is 12.4. The van der Waals surface area contributed by atoms with Gasteiger partial charge < -0.3 is 14.5 Å². The number of ether oxygens (including phenoxy) is 1. The number of hydrogen-bond acceptors (Lipinski definition) is 3. The molecule has 0 aromatic heterocycles. The van der Waals surface area contributed by atoms with Crippen LogP contribution in [-0.4, -0.2) is 44.8 Å². The first-order chi connectivity index (χ1) is 14.8. The minimum absolute atomic E-state index is 0.0755. The summed E-state index contributed by atoms with van der Waals surface area (Å²) in [5, 5.41) is 0. The molecule has 0 unspecified atom stereocenters. The Labute approximate surface area is 187 Å². The van der Waals surface area contributed by atoms with Crippen molar-refractivity contribution in [3.63, 3.8) is 0 Å². The van der Waals surface area contributed by atoms with Crippen LogP contribution >= 0.6 is 0 Å². The maximum absolute atomic E-state index is 12.9. The number of carbonyl (C=O) groups excluding carboxylic acids is 1. The first-order valence-corrected chi connectivity index (χ1v) is 12.4. The molecule has 0 bridgehead atoms. The summed E-state index contributed by atoms with van der Waals surface area (Å²) in [7, 11) is 0. The molecule has 168 valence electrons. The Kier molecular flexibility index (Phi) is 5.40. The molecule has 5 atom stereocenters. The lowest BCUT2D eigenvalue weighted by atomic mass is 9.55. The Morgan fingerprint density at radius 3 is 2.81 bits per heavy atom. The number of quaternary nitrogens is 1. The molecule has 1 N–H and O–H groups in total. The van der Waals surface area contributed by atoms with E-state index in [1.54, 1.807) is 4.90 Å². The number of fused-ring (bicyclic) bond motifs is 2. The fourth-order valence-corrected chi connectivity index (χ4v) is 7.13. The Hall–Kier alpha value is -1.81. The van der Waals surface area contributed by atoms with Crippen molar-refractivity contribution in [2.75, 3.05) is 37.6 Å². The molecule has 2 saturated heterocycles. The van der Waals surface area contributed by atoms with Crippen LogP contribution in [0.2, 0.25) is 0 Å². The standard InChI is InChI=1S/C27H38N2O2/c1-18-7-8-20(3)24(14-18)29-12-10-28(11-13-29)17-22-21-15-23-19(2)6-5-9-27(23,4)16-25(21)31-26(22)30/h7-8,14,21-23,25H,2,5-6,9-13,15-17H2,1,3-4H3/p+1/t21-,22-,23+,25-,27-/m1/s1. The highest BCUT2D eigenvalue weighted by Gasteiger charge is 2.56. The van der Waals surface area contributed by atoms with Gasteiger partial charge in [0.2, 0.25) is 0 Å². The number of carbonyl (C=O) groups is 1. The summed E-state index contributed by atoms with van der Waals surface area (Å²) in [5.41, 5.74) is 5.77. The quantitative estimate of drug-likeness (QED) is 0.598. The SMILES string of the molecule is C=C1CCC[C@]2(C)C[C@H]3OC(=O)[C@H](C[NH+]4CCN(c5cc(C)ccc5C)CC4)[C@H]3C[C@@H]12. The second kappa shape index (κ2) is 7.95.